The summed E-state index contributed by atoms with van der Waals surface area (Å²) >= 11 is 1.59. The van der Waals surface area contributed by atoms with Crippen molar-refractivity contribution in [2.75, 3.05) is 6.54 Å². The molecule has 0 saturated heterocycles. The Morgan fingerprint density at radius 1 is 1.43 bits per heavy atom. The Labute approximate surface area is 126 Å². The van der Waals surface area contributed by atoms with Crippen LogP contribution >= 0.6 is 11.3 Å². The Balaban J connectivity index is 1.96. The minimum atomic E-state index is -0.410. The topological polar surface area (TPSA) is 82.4 Å². The van der Waals surface area contributed by atoms with Crippen LogP contribution in [-0.4, -0.2) is 17.6 Å². The fraction of sp³-hybridized carbons (Fsp3) is 0.200. The number of nitriles is 1. The molecule has 0 bridgehead atoms. The van der Waals surface area contributed by atoms with Crippen molar-refractivity contribution >= 4 is 17.2 Å². The number of carbonyl (C=O) groups is 1. The van der Waals surface area contributed by atoms with Crippen molar-refractivity contribution in [3.05, 3.63) is 46.2 Å². The van der Waals surface area contributed by atoms with Crippen LogP contribution in [0, 0.1) is 11.3 Å². The van der Waals surface area contributed by atoms with Crippen molar-refractivity contribution < 1.29 is 14.6 Å². The second kappa shape index (κ2) is 7.31. The predicted molar refractivity (Wildman–Crippen MR) is 79.3 cm³/mol. The van der Waals surface area contributed by atoms with Crippen LogP contribution in [0.4, 0.5) is 0 Å². The molecule has 2 aromatic rings. The van der Waals surface area contributed by atoms with Crippen LogP contribution in [0.5, 0.6) is 11.5 Å². The zero-order valence-electron chi connectivity index (χ0n) is 11.2. The van der Waals surface area contributed by atoms with Gasteiger partial charge in [0.1, 0.15) is 18.1 Å². The van der Waals surface area contributed by atoms with Gasteiger partial charge in [0.25, 0.3) is 5.91 Å². The number of benzene rings is 1. The van der Waals surface area contributed by atoms with Crippen LogP contribution in [0.15, 0.2) is 35.0 Å². The standard InChI is InChI=1S/C15H14N2O3S/c16-5-1-6-17-15(19)13-3-2-12(8-14(13)18)20-9-11-4-7-21-10-11/h2-4,7-8,10,18H,1,6,9H2,(H,17,19). The number of hydrogen-bond donors (Lipinski definition) is 2. The second-order valence-electron chi connectivity index (χ2n) is 4.26. The molecule has 0 saturated carbocycles. The summed E-state index contributed by atoms with van der Waals surface area (Å²) in [6.07, 6.45) is 0.230. The summed E-state index contributed by atoms with van der Waals surface area (Å²) in [6.45, 7) is 0.668. The van der Waals surface area contributed by atoms with Gasteiger partial charge in [-0.15, -0.1) is 0 Å². The molecular formula is C15H14N2O3S. The van der Waals surface area contributed by atoms with Crippen molar-refractivity contribution in [2.24, 2.45) is 0 Å². The average molecular weight is 302 g/mol. The quantitative estimate of drug-likeness (QED) is 0.804. The lowest BCUT2D eigenvalue weighted by Crippen LogP contribution is -2.24. The van der Waals surface area contributed by atoms with Crippen molar-refractivity contribution in [1.82, 2.24) is 5.32 Å². The van der Waals surface area contributed by atoms with E-state index in [9.17, 15) is 9.90 Å². The Kier molecular flexibility index (Phi) is 5.18. The highest BCUT2D eigenvalue weighted by Gasteiger charge is 2.11. The summed E-state index contributed by atoms with van der Waals surface area (Å²) in [5, 5.41) is 24.8. The van der Waals surface area contributed by atoms with Gasteiger partial charge >= 0.3 is 0 Å². The van der Waals surface area contributed by atoms with Gasteiger partial charge in [-0.05, 0) is 34.5 Å². The van der Waals surface area contributed by atoms with Gasteiger partial charge in [-0.3, -0.25) is 4.79 Å². The smallest absolute Gasteiger partial charge is 0.255 e. The first-order valence-corrected chi connectivity index (χ1v) is 7.27. The first-order valence-electron chi connectivity index (χ1n) is 6.32. The zero-order chi connectivity index (χ0) is 15.1. The third-order valence-corrected chi connectivity index (χ3v) is 3.45. The Morgan fingerprint density at radius 2 is 2.29 bits per heavy atom. The monoisotopic (exact) mass is 302 g/mol. The van der Waals surface area contributed by atoms with E-state index < -0.39 is 5.91 Å². The molecule has 108 valence electrons. The largest absolute Gasteiger partial charge is 0.507 e. The summed E-state index contributed by atoms with van der Waals surface area (Å²) in [6, 6.07) is 8.43. The average Bonchev–Trinajstić information content (AvgIpc) is 2.98. The first-order chi connectivity index (χ1) is 10.2. The molecule has 6 heteroatoms. The van der Waals surface area contributed by atoms with E-state index in [4.69, 9.17) is 10.00 Å². The molecule has 1 heterocycles. The number of ether oxygens (including phenoxy) is 1. The maximum Gasteiger partial charge on any atom is 0.255 e. The summed E-state index contributed by atoms with van der Waals surface area (Å²) in [4.78, 5) is 11.8. The Hall–Kier alpha value is -2.52. The maximum atomic E-state index is 11.8. The van der Waals surface area contributed by atoms with Crippen LogP contribution in [-0.2, 0) is 6.61 Å². The molecule has 0 atom stereocenters. The van der Waals surface area contributed by atoms with Gasteiger partial charge in [-0.1, -0.05) is 0 Å². The van der Waals surface area contributed by atoms with Gasteiger partial charge in [0.2, 0.25) is 0 Å². The minimum absolute atomic E-state index is 0.146. The van der Waals surface area contributed by atoms with E-state index in [1.54, 1.807) is 17.4 Å². The fourth-order valence-corrected chi connectivity index (χ4v) is 2.32. The molecular weight excluding hydrogens is 288 g/mol. The lowest BCUT2D eigenvalue weighted by Gasteiger charge is -2.09. The van der Waals surface area contributed by atoms with E-state index in [-0.39, 0.29) is 24.3 Å². The molecule has 0 radical (unpaired) electrons. The molecule has 2 N–H and O–H groups in total. The number of aromatic hydroxyl groups is 1. The molecule has 0 spiro atoms. The molecule has 1 amide bonds. The highest BCUT2D eigenvalue weighted by Crippen LogP contribution is 2.24. The van der Waals surface area contributed by atoms with E-state index in [2.05, 4.69) is 5.32 Å². The SMILES string of the molecule is N#CCCNC(=O)c1ccc(OCc2ccsc2)cc1O. The van der Waals surface area contributed by atoms with Gasteiger partial charge in [0.15, 0.2) is 0 Å². The summed E-state index contributed by atoms with van der Waals surface area (Å²) in [5.41, 5.74) is 1.22. The number of amides is 1. The lowest BCUT2D eigenvalue weighted by molar-refractivity contribution is 0.0952. The summed E-state index contributed by atoms with van der Waals surface area (Å²) in [7, 11) is 0. The van der Waals surface area contributed by atoms with E-state index in [1.165, 1.54) is 12.1 Å². The minimum Gasteiger partial charge on any atom is -0.507 e. The van der Waals surface area contributed by atoms with Crippen molar-refractivity contribution in [3.63, 3.8) is 0 Å². The Morgan fingerprint density at radius 3 is 2.95 bits per heavy atom. The van der Waals surface area contributed by atoms with E-state index in [1.807, 2.05) is 22.9 Å². The number of thiophene rings is 1. The molecule has 0 aliphatic carbocycles. The number of carbonyl (C=O) groups excluding carboxylic acids is 1. The molecule has 0 aliphatic heterocycles. The van der Waals surface area contributed by atoms with Crippen LogP contribution in [0.1, 0.15) is 22.3 Å². The van der Waals surface area contributed by atoms with E-state index >= 15 is 0 Å². The lowest BCUT2D eigenvalue weighted by atomic mass is 10.1. The number of hydrogen-bond acceptors (Lipinski definition) is 5. The second-order valence-corrected chi connectivity index (χ2v) is 5.04. The predicted octanol–water partition coefficient (Wildman–Crippen LogP) is 2.68. The van der Waals surface area contributed by atoms with E-state index in [0.29, 0.717) is 12.4 Å². The molecule has 0 aliphatic rings. The molecule has 1 aromatic heterocycles. The van der Waals surface area contributed by atoms with Crippen molar-refractivity contribution in [1.29, 1.82) is 5.26 Å². The number of nitrogens with one attached hydrogen (secondary N) is 1. The highest BCUT2D eigenvalue weighted by atomic mass is 32.1. The molecule has 2 rings (SSSR count). The van der Waals surface area contributed by atoms with Gasteiger partial charge < -0.3 is 15.2 Å². The maximum absolute atomic E-state index is 11.8. The van der Waals surface area contributed by atoms with Gasteiger partial charge in [-0.2, -0.15) is 16.6 Å². The molecule has 0 unspecified atom stereocenters. The third-order valence-electron chi connectivity index (χ3n) is 2.72. The number of nitrogens with zero attached hydrogens (tertiary/aromatic N) is 1. The summed E-state index contributed by atoms with van der Waals surface area (Å²) in [5.74, 6) is -0.0633. The number of phenolic OH excluding ortho intramolecular Hbond substituents is 1. The van der Waals surface area contributed by atoms with Crippen LogP contribution in [0.3, 0.4) is 0 Å². The number of phenols is 1. The van der Waals surface area contributed by atoms with Gasteiger partial charge in [0, 0.05) is 12.6 Å². The highest BCUT2D eigenvalue weighted by molar-refractivity contribution is 7.07. The summed E-state index contributed by atoms with van der Waals surface area (Å²) < 4.78 is 5.54. The zero-order valence-corrected chi connectivity index (χ0v) is 12.0. The van der Waals surface area contributed by atoms with Crippen molar-refractivity contribution in [2.45, 2.75) is 13.0 Å². The molecule has 0 fully saturated rings. The molecule has 1 aromatic carbocycles. The van der Waals surface area contributed by atoms with Crippen molar-refractivity contribution in [3.8, 4) is 17.6 Å². The first kappa shape index (κ1) is 14.9. The Bertz CT molecular complexity index is 647. The molecule has 21 heavy (non-hydrogen) atoms. The third kappa shape index (κ3) is 4.23. The van der Waals surface area contributed by atoms with E-state index in [0.717, 1.165) is 5.56 Å². The van der Waals surface area contributed by atoms with Gasteiger partial charge in [-0.25, -0.2) is 0 Å². The van der Waals surface area contributed by atoms with Crippen LogP contribution in [0.25, 0.3) is 0 Å². The van der Waals surface area contributed by atoms with Crippen LogP contribution in [0.2, 0.25) is 0 Å². The normalized spacial score (nSPS) is 9.86. The van der Waals surface area contributed by atoms with Crippen LogP contribution < -0.4 is 10.1 Å². The fourth-order valence-electron chi connectivity index (χ4n) is 1.66. The molecule has 5 nitrogen and oxygen atoms in total. The number of rotatable bonds is 6. The van der Waals surface area contributed by atoms with Gasteiger partial charge in [0.05, 0.1) is 18.1 Å².